The van der Waals surface area contributed by atoms with Crippen LogP contribution in [-0.2, 0) is 14.0 Å². The van der Waals surface area contributed by atoms with E-state index in [2.05, 4.69) is 5.32 Å². The average Bonchev–Trinajstić information content (AvgIpc) is 2.69. The van der Waals surface area contributed by atoms with Gasteiger partial charge in [0.25, 0.3) is 0 Å². The SMILES string of the molecule is Cc1ccc2c3c1[C@@H](COC(=O)NC(C)(C)C)OB3OCCO2. The van der Waals surface area contributed by atoms with Crippen molar-refractivity contribution in [2.75, 3.05) is 19.8 Å². The van der Waals surface area contributed by atoms with E-state index in [1.54, 1.807) is 0 Å². The normalized spacial score (nSPS) is 19.7. The monoisotopic (exact) mass is 319 g/mol. The van der Waals surface area contributed by atoms with Crippen LogP contribution in [0.4, 0.5) is 4.79 Å². The lowest BCUT2D eigenvalue weighted by molar-refractivity contribution is 0.0667. The van der Waals surface area contributed by atoms with Crippen LogP contribution < -0.4 is 15.5 Å². The minimum atomic E-state index is -0.457. The maximum Gasteiger partial charge on any atom is 0.498 e. The Balaban J connectivity index is 1.76. The van der Waals surface area contributed by atoms with Gasteiger partial charge in [0.05, 0.1) is 6.61 Å². The van der Waals surface area contributed by atoms with Crippen molar-refractivity contribution in [1.82, 2.24) is 5.32 Å². The van der Waals surface area contributed by atoms with Gasteiger partial charge in [0.15, 0.2) is 0 Å². The highest BCUT2D eigenvalue weighted by Crippen LogP contribution is 2.32. The Morgan fingerprint density at radius 3 is 2.91 bits per heavy atom. The molecular weight excluding hydrogens is 297 g/mol. The molecule has 2 heterocycles. The number of aryl methyl sites for hydroxylation is 1. The van der Waals surface area contributed by atoms with E-state index in [-0.39, 0.29) is 18.2 Å². The third kappa shape index (κ3) is 3.45. The summed E-state index contributed by atoms with van der Waals surface area (Å²) in [5.41, 5.74) is 2.66. The van der Waals surface area contributed by atoms with E-state index >= 15 is 0 Å². The molecule has 1 atom stereocenters. The molecule has 0 radical (unpaired) electrons. The number of hydrogen-bond donors (Lipinski definition) is 1. The van der Waals surface area contributed by atoms with Gasteiger partial charge in [-0.25, -0.2) is 4.79 Å². The number of nitrogens with one attached hydrogen (secondary N) is 1. The molecule has 0 fully saturated rings. The van der Waals surface area contributed by atoms with Crippen molar-refractivity contribution in [3.8, 4) is 5.75 Å². The molecule has 0 saturated carbocycles. The molecule has 0 aliphatic carbocycles. The van der Waals surface area contributed by atoms with Gasteiger partial charge in [0.2, 0.25) is 0 Å². The Kier molecular flexibility index (Phi) is 4.25. The summed E-state index contributed by atoms with van der Waals surface area (Å²) in [6.45, 7) is 8.83. The predicted octanol–water partition coefficient (Wildman–Crippen LogP) is 1.70. The zero-order valence-electron chi connectivity index (χ0n) is 14.0. The van der Waals surface area contributed by atoms with Gasteiger partial charge < -0.3 is 24.1 Å². The molecule has 124 valence electrons. The highest BCUT2D eigenvalue weighted by Gasteiger charge is 2.43. The summed E-state index contributed by atoms with van der Waals surface area (Å²) >= 11 is 0. The lowest BCUT2D eigenvalue weighted by atomic mass is 9.76. The van der Waals surface area contributed by atoms with Crippen LogP contribution in [0.25, 0.3) is 0 Å². The molecule has 0 bridgehead atoms. The fourth-order valence-corrected chi connectivity index (χ4v) is 2.85. The van der Waals surface area contributed by atoms with Crippen LogP contribution in [0, 0.1) is 6.92 Å². The summed E-state index contributed by atoms with van der Waals surface area (Å²) in [6.07, 6.45) is -0.800. The van der Waals surface area contributed by atoms with E-state index in [1.165, 1.54) is 0 Å². The first-order valence-corrected chi connectivity index (χ1v) is 7.83. The Morgan fingerprint density at radius 2 is 2.17 bits per heavy atom. The third-order valence-corrected chi connectivity index (χ3v) is 3.76. The number of hydrogen-bond acceptors (Lipinski definition) is 5. The second kappa shape index (κ2) is 6.05. The van der Waals surface area contributed by atoms with Crippen LogP contribution in [0.2, 0.25) is 0 Å². The molecule has 0 aromatic heterocycles. The molecular formula is C16H22BNO5. The van der Waals surface area contributed by atoms with E-state index in [9.17, 15) is 4.79 Å². The van der Waals surface area contributed by atoms with E-state index in [1.807, 2.05) is 39.8 Å². The third-order valence-electron chi connectivity index (χ3n) is 3.76. The molecule has 1 aromatic carbocycles. The van der Waals surface area contributed by atoms with Crippen molar-refractivity contribution in [2.45, 2.75) is 39.3 Å². The minimum absolute atomic E-state index is 0.138. The van der Waals surface area contributed by atoms with Gasteiger partial charge in [-0.3, -0.25) is 0 Å². The molecule has 0 saturated heterocycles. The number of alkyl carbamates (subject to hydrolysis) is 1. The lowest BCUT2D eigenvalue weighted by Gasteiger charge is -2.21. The number of amides is 1. The van der Waals surface area contributed by atoms with Crippen LogP contribution in [-0.4, -0.2) is 38.6 Å². The van der Waals surface area contributed by atoms with Crippen molar-refractivity contribution in [1.29, 1.82) is 0 Å². The second-order valence-electron chi connectivity index (χ2n) is 6.86. The molecule has 2 aliphatic rings. The van der Waals surface area contributed by atoms with Crippen molar-refractivity contribution in [2.24, 2.45) is 0 Å². The molecule has 2 aliphatic heterocycles. The Labute approximate surface area is 136 Å². The van der Waals surface area contributed by atoms with Gasteiger partial charge in [-0.1, -0.05) is 6.07 Å². The van der Waals surface area contributed by atoms with E-state index in [4.69, 9.17) is 18.8 Å². The molecule has 1 aromatic rings. The van der Waals surface area contributed by atoms with Gasteiger partial charge in [-0.05, 0) is 44.9 Å². The van der Waals surface area contributed by atoms with Gasteiger partial charge in [-0.15, -0.1) is 0 Å². The molecule has 1 N–H and O–H groups in total. The summed E-state index contributed by atoms with van der Waals surface area (Å²) in [5, 5.41) is 2.77. The maximum atomic E-state index is 11.9. The summed E-state index contributed by atoms with van der Waals surface area (Å²) in [6, 6.07) is 3.93. The zero-order chi connectivity index (χ0) is 16.6. The van der Waals surface area contributed by atoms with Gasteiger partial charge in [0, 0.05) is 11.0 Å². The van der Waals surface area contributed by atoms with Gasteiger partial charge in [-0.2, -0.15) is 0 Å². The molecule has 23 heavy (non-hydrogen) atoms. The topological polar surface area (TPSA) is 66.0 Å². The van der Waals surface area contributed by atoms with Crippen molar-refractivity contribution in [3.05, 3.63) is 23.3 Å². The standard InChI is InChI=1S/C16H22BNO5/c1-10-5-6-11-14-13(10)12(23-17(14)22-8-7-20-11)9-21-15(19)18-16(2,3)4/h5-6,12H,7-9H2,1-4H3,(H,18,19)/t12-/m1/s1. The number of ether oxygens (including phenoxy) is 2. The Hall–Kier alpha value is -1.73. The molecule has 1 amide bonds. The van der Waals surface area contributed by atoms with Crippen molar-refractivity contribution >= 4 is 18.7 Å². The van der Waals surface area contributed by atoms with Crippen LogP contribution in [0.15, 0.2) is 12.1 Å². The predicted molar refractivity (Wildman–Crippen MR) is 86.1 cm³/mol. The van der Waals surface area contributed by atoms with E-state index < -0.39 is 13.2 Å². The molecule has 0 unspecified atom stereocenters. The van der Waals surface area contributed by atoms with Crippen LogP contribution >= 0.6 is 0 Å². The Bertz CT molecular complexity index is 613. The van der Waals surface area contributed by atoms with Crippen LogP contribution in [0.5, 0.6) is 5.75 Å². The van der Waals surface area contributed by atoms with E-state index in [0.717, 1.165) is 22.3 Å². The quantitative estimate of drug-likeness (QED) is 0.841. The Morgan fingerprint density at radius 1 is 1.39 bits per heavy atom. The largest absolute Gasteiger partial charge is 0.498 e. The lowest BCUT2D eigenvalue weighted by Crippen LogP contribution is -2.41. The number of benzene rings is 1. The first kappa shape index (κ1) is 16.1. The molecule has 7 heteroatoms. The summed E-state index contributed by atoms with van der Waals surface area (Å²) in [4.78, 5) is 11.9. The number of carbonyl (C=O) groups excluding carboxylic acids is 1. The molecule has 6 nitrogen and oxygen atoms in total. The van der Waals surface area contributed by atoms with Crippen LogP contribution in [0.1, 0.15) is 38.0 Å². The minimum Gasteiger partial charge on any atom is -0.492 e. The van der Waals surface area contributed by atoms with E-state index in [0.29, 0.717) is 13.2 Å². The summed E-state index contributed by atoms with van der Waals surface area (Å²) in [5.74, 6) is 0.787. The number of carbonyl (C=O) groups is 1. The highest BCUT2D eigenvalue weighted by molar-refractivity contribution is 6.64. The highest BCUT2D eigenvalue weighted by atomic mass is 16.6. The zero-order valence-corrected chi connectivity index (χ0v) is 14.0. The maximum absolute atomic E-state index is 11.9. The number of rotatable bonds is 2. The fourth-order valence-electron chi connectivity index (χ4n) is 2.85. The first-order chi connectivity index (χ1) is 10.8. The fraction of sp³-hybridized carbons (Fsp3) is 0.562. The summed E-state index contributed by atoms with van der Waals surface area (Å²) < 4.78 is 22.7. The molecule has 0 spiro atoms. The van der Waals surface area contributed by atoms with Gasteiger partial charge >= 0.3 is 13.2 Å². The van der Waals surface area contributed by atoms with Crippen molar-refractivity contribution in [3.63, 3.8) is 0 Å². The van der Waals surface area contributed by atoms with Crippen molar-refractivity contribution < 1.29 is 23.6 Å². The van der Waals surface area contributed by atoms with Crippen LogP contribution in [0.3, 0.4) is 0 Å². The average molecular weight is 319 g/mol. The summed E-state index contributed by atoms with van der Waals surface area (Å²) in [7, 11) is -0.457. The second-order valence-corrected chi connectivity index (χ2v) is 6.86. The van der Waals surface area contributed by atoms with Gasteiger partial charge in [0.1, 0.15) is 25.1 Å². The first-order valence-electron chi connectivity index (χ1n) is 7.83. The smallest absolute Gasteiger partial charge is 0.492 e. The molecule has 3 rings (SSSR count).